The maximum atomic E-state index is 13.2. The average Bonchev–Trinajstić information content (AvgIpc) is 3.31. The predicted octanol–water partition coefficient (Wildman–Crippen LogP) is -1.44. The van der Waals surface area contributed by atoms with Crippen molar-refractivity contribution in [1.29, 1.82) is 0 Å². The first-order valence-corrected chi connectivity index (χ1v) is 10.7. The number of carbonyl (C=O) groups is 5. The SMILES string of the molecule is CC(NC(=O)C(Cc1cnc[nH]1)NC(=O)C(Cc1ccccc1)NC(=O)C(N)CC(=O)O)C(=O)O. The summed E-state index contributed by atoms with van der Waals surface area (Å²) in [6.07, 6.45) is 2.19. The molecule has 2 rings (SSSR count). The van der Waals surface area contributed by atoms with E-state index in [4.69, 9.17) is 15.9 Å². The van der Waals surface area contributed by atoms with Gasteiger partial charge >= 0.3 is 11.9 Å². The Morgan fingerprint density at radius 3 is 2.11 bits per heavy atom. The molecular formula is C22H28N6O7. The molecule has 0 saturated carbocycles. The van der Waals surface area contributed by atoms with Gasteiger partial charge in [0.15, 0.2) is 0 Å². The minimum atomic E-state index is -1.39. The van der Waals surface area contributed by atoms with Gasteiger partial charge in [-0.3, -0.25) is 24.0 Å². The highest BCUT2D eigenvalue weighted by Crippen LogP contribution is 2.06. The quantitative estimate of drug-likeness (QED) is 0.175. The van der Waals surface area contributed by atoms with Crippen molar-refractivity contribution >= 4 is 29.7 Å². The third-order valence-corrected chi connectivity index (χ3v) is 4.99. The second-order valence-electron chi connectivity index (χ2n) is 7.87. The van der Waals surface area contributed by atoms with E-state index in [0.29, 0.717) is 11.3 Å². The molecule has 0 saturated heterocycles. The zero-order valence-corrected chi connectivity index (χ0v) is 18.9. The second kappa shape index (κ2) is 12.8. The van der Waals surface area contributed by atoms with Crippen LogP contribution in [0.3, 0.4) is 0 Å². The Morgan fingerprint density at radius 1 is 0.943 bits per heavy atom. The first-order valence-electron chi connectivity index (χ1n) is 10.7. The Balaban J connectivity index is 2.23. The molecule has 188 valence electrons. The molecule has 1 aromatic carbocycles. The molecule has 8 N–H and O–H groups in total. The van der Waals surface area contributed by atoms with E-state index in [0.717, 1.165) is 0 Å². The predicted molar refractivity (Wildman–Crippen MR) is 122 cm³/mol. The highest BCUT2D eigenvalue weighted by atomic mass is 16.4. The summed E-state index contributed by atoms with van der Waals surface area (Å²) in [6, 6.07) is 3.71. The van der Waals surface area contributed by atoms with Gasteiger partial charge in [0.25, 0.3) is 0 Å². The van der Waals surface area contributed by atoms with Crippen molar-refractivity contribution in [3.8, 4) is 0 Å². The topological polar surface area (TPSA) is 217 Å². The maximum absolute atomic E-state index is 13.2. The van der Waals surface area contributed by atoms with Gasteiger partial charge in [0.2, 0.25) is 17.7 Å². The third kappa shape index (κ3) is 8.89. The van der Waals surface area contributed by atoms with Gasteiger partial charge in [-0.05, 0) is 12.5 Å². The zero-order chi connectivity index (χ0) is 26.0. The fraction of sp³-hybridized carbons (Fsp3) is 0.364. The van der Waals surface area contributed by atoms with Crippen LogP contribution in [0.1, 0.15) is 24.6 Å². The largest absolute Gasteiger partial charge is 0.481 e. The fourth-order valence-electron chi connectivity index (χ4n) is 3.09. The van der Waals surface area contributed by atoms with Crippen LogP contribution in [0, 0.1) is 0 Å². The van der Waals surface area contributed by atoms with Crippen LogP contribution in [-0.4, -0.2) is 74.0 Å². The number of aromatic nitrogens is 2. The molecule has 3 amide bonds. The third-order valence-electron chi connectivity index (χ3n) is 4.99. The first kappa shape index (κ1) is 27.0. The molecule has 0 aliphatic rings. The van der Waals surface area contributed by atoms with Gasteiger partial charge in [0.1, 0.15) is 18.1 Å². The average molecular weight is 489 g/mol. The summed E-state index contributed by atoms with van der Waals surface area (Å²) in [5.41, 5.74) is 6.82. The summed E-state index contributed by atoms with van der Waals surface area (Å²) in [4.78, 5) is 67.1. The summed E-state index contributed by atoms with van der Waals surface area (Å²) < 4.78 is 0. The molecule has 13 heteroatoms. The number of aliphatic carboxylic acids is 2. The number of nitrogens with two attached hydrogens (primary N) is 1. The van der Waals surface area contributed by atoms with E-state index in [9.17, 15) is 24.0 Å². The van der Waals surface area contributed by atoms with Crippen LogP contribution in [-0.2, 0) is 36.8 Å². The van der Waals surface area contributed by atoms with Gasteiger partial charge < -0.3 is 36.9 Å². The standard InChI is InChI=1S/C22H28N6O7/c1-12(22(34)35)26-20(32)17(8-14-10-24-11-25-14)28-21(33)16(7-13-5-3-2-4-6-13)27-19(31)15(23)9-18(29)30/h2-6,10-12,15-17H,7-9,23H2,1H3,(H,24,25)(H,26,32)(H,27,31)(H,28,33)(H,29,30)(H,34,35). The number of rotatable bonds is 13. The van der Waals surface area contributed by atoms with Crippen molar-refractivity contribution in [2.24, 2.45) is 5.73 Å². The van der Waals surface area contributed by atoms with Crippen molar-refractivity contribution in [2.75, 3.05) is 0 Å². The van der Waals surface area contributed by atoms with Gasteiger partial charge in [-0.1, -0.05) is 30.3 Å². The smallest absolute Gasteiger partial charge is 0.325 e. The minimum absolute atomic E-state index is 0.0299. The fourth-order valence-corrected chi connectivity index (χ4v) is 3.09. The molecule has 1 aromatic heterocycles. The molecule has 0 radical (unpaired) electrons. The summed E-state index contributed by atoms with van der Waals surface area (Å²) in [7, 11) is 0. The second-order valence-corrected chi connectivity index (χ2v) is 7.87. The molecule has 35 heavy (non-hydrogen) atoms. The van der Waals surface area contributed by atoms with Crippen molar-refractivity contribution in [1.82, 2.24) is 25.9 Å². The van der Waals surface area contributed by atoms with E-state index >= 15 is 0 Å². The van der Waals surface area contributed by atoms with Gasteiger partial charge in [0.05, 0.1) is 18.8 Å². The molecule has 4 atom stereocenters. The molecule has 2 aromatic rings. The van der Waals surface area contributed by atoms with Crippen LogP contribution in [0.2, 0.25) is 0 Å². The number of carboxylic acid groups (broad SMARTS) is 2. The number of benzene rings is 1. The number of hydrogen-bond acceptors (Lipinski definition) is 7. The minimum Gasteiger partial charge on any atom is -0.481 e. The Bertz CT molecular complexity index is 1030. The Kier molecular flexibility index (Phi) is 9.90. The number of H-pyrrole nitrogens is 1. The van der Waals surface area contributed by atoms with Gasteiger partial charge in [0, 0.05) is 24.7 Å². The van der Waals surface area contributed by atoms with Gasteiger partial charge in [-0.2, -0.15) is 0 Å². The lowest BCUT2D eigenvalue weighted by atomic mass is 10.0. The van der Waals surface area contributed by atoms with Crippen molar-refractivity contribution in [3.63, 3.8) is 0 Å². The number of imidazole rings is 1. The summed E-state index contributed by atoms with van der Waals surface area (Å²) in [5, 5.41) is 25.3. The highest BCUT2D eigenvalue weighted by molar-refractivity contribution is 5.95. The summed E-state index contributed by atoms with van der Waals surface area (Å²) >= 11 is 0. The Morgan fingerprint density at radius 2 is 1.54 bits per heavy atom. The number of nitrogens with zero attached hydrogens (tertiary/aromatic N) is 1. The Labute approximate surface area is 200 Å². The van der Waals surface area contributed by atoms with Crippen molar-refractivity contribution in [2.45, 2.75) is 50.4 Å². The molecule has 0 fully saturated rings. The normalized spacial score (nSPS) is 14.1. The van der Waals surface area contributed by atoms with Gasteiger partial charge in [-0.25, -0.2) is 4.98 Å². The van der Waals surface area contributed by atoms with Gasteiger partial charge in [-0.15, -0.1) is 0 Å². The number of carbonyl (C=O) groups excluding carboxylic acids is 3. The van der Waals surface area contributed by atoms with E-state index in [1.165, 1.54) is 19.4 Å². The monoisotopic (exact) mass is 488 g/mol. The Hall–Kier alpha value is -4.26. The van der Waals surface area contributed by atoms with Crippen LogP contribution in [0.5, 0.6) is 0 Å². The molecular weight excluding hydrogens is 460 g/mol. The molecule has 1 heterocycles. The van der Waals surface area contributed by atoms with Crippen LogP contribution in [0.25, 0.3) is 0 Å². The molecule has 4 unspecified atom stereocenters. The van der Waals surface area contributed by atoms with E-state index in [1.54, 1.807) is 30.3 Å². The lowest BCUT2D eigenvalue weighted by Gasteiger charge is -2.24. The van der Waals surface area contributed by atoms with E-state index in [-0.39, 0.29) is 12.8 Å². The van der Waals surface area contributed by atoms with E-state index in [1.807, 2.05) is 0 Å². The number of carboxylic acids is 2. The summed E-state index contributed by atoms with van der Waals surface area (Å²) in [5.74, 6) is -4.88. The molecule has 0 bridgehead atoms. The van der Waals surface area contributed by atoms with Crippen molar-refractivity contribution < 1.29 is 34.2 Å². The maximum Gasteiger partial charge on any atom is 0.325 e. The van der Waals surface area contributed by atoms with Crippen LogP contribution >= 0.6 is 0 Å². The van der Waals surface area contributed by atoms with Crippen LogP contribution in [0.15, 0.2) is 42.9 Å². The lowest BCUT2D eigenvalue weighted by Crippen LogP contribution is -2.58. The molecule has 13 nitrogen and oxygen atoms in total. The van der Waals surface area contributed by atoms with Crippen LogP contribution < -0.4 is 21.7 Å². The zero-order valence-electron chi connectivity index (χ0n) is 18.9. The lowest BCUT2D eigenvalue weighted by molar-refractivity contribution is -0.141. The summed E-state index contributed by atoms with van der Waals surface area (Å²) in [6.45, 7) is 1.28. The number of amides is 3. The molecule has 0 aliphatic carbocycles. The van der Waals surface area contributed by atoms with E-state index < -0.39 is 60.2 Å². The number of hydrogen-bond donors (Lipinski definition) is 7. The number of aromatic amines is 1. The van der Waals surface area contributed by atoms with E-state index in [2.05, 4.69) is 25.9 Å². The highest BCUT2D eigenvalue weighted by Gasteiger charge is 2.30. The van der Waals surface area contributed by atoms with Crippen LogP contribution in [0.4, 0.5) is 0 Å². The molecule has 0 spiro atoms. The molecule has 0 aliphatic heterocycles. The van der Waals surface area contributed by atoms with Crippen molar-refractivity contribution in [3.05, 3.63) is 54.1 Å². The number of nitrogens with one attached hydrogen (secondary N) is 4. The first-order chi connectivity index (χ1) is 16.6.